The normalized spacial score (nSPS) is 10.4. The van der Waals surface area contributed by atoms with Gasteiger partial charge in [0.1, 0.15) is 11.3 Å². The lowest BCUT2D eigenvalue weighted by atomic mass is 10.2. The second-order valence-corrected chi connectivity index (χ2v) is 5.82. The summed E-state index contributed by atoms with van der Waals surface area (Å²) in [5.41, 5.74) is 1.79. The van der Waals surface area contributed by atoms with Crippen LogP contribution in [0.15, 0.2) is 71.7 Å². The van der Waals surface area contributed by atoms with E-state index in [1.807, 2.05) is 37.3 Å². The Labute approximate surface area is 145 Å². The molecule has 0 unspecified atom stereocenters. The molecule has 0 spiro atoms. The molecule has 0 radical (unpaired) electrons. The summed E-state index contributed by atoms with van der Waals surface area (Å²) in [7, 11) is 0. The number of hydrogen-bond donors (Lipinski definition) is 2. The van der Waals surface area contributed by atoms with Crippen molar-refractivity contribution in [2.45, 2.75) is 13.5 Å². The van der Waals surface area contributed by atoms with Gasteiger partial charge in [-0.25, -0.2) is 0 Å². The summed E-state index contributed by atoms with van der Waals surface area (Å²) in [5.74, 6) is -0.590. The quantitative estimate of drug-likeness (QED) is 0.720. The Morgan fingerprint density at radius 2 is 1.84 bits per heavy atom. The highest BCUT2D eigenvalue weighted by atomic mass is 16.3. The standard InChI is InChI=1S/C20H18N2O3/c1-14-9-10-18(23)17(12-14)21-19(24)16-8-5-11-22(20(16)25)13-15-6-3-2-4-7-15/h2-12,23H,13H2,1H3,(H,21,24). The largest absolute Gasteiger partial charge is 0.506 e. The van der Waals surface area contributed by atoms with Crippen LogP contribution in [0.2, 0.25) is 0 Å². The van der Waals surface area contributed by atoms with Gasteiger partial charge >= 0.3 is 0 Å². The van der Waals surface area contributed by atoms with E-state index in [1.54, 1.807) is 24.4 Å². The first kappa shape index (κ1) is 16.5. The smallest absolute Gasteiger partial charge is 0.263 e. The predicted molar refractivity (Wildman–Crippen MR) is 97.0 cm³/mol. The number of rotatable bonds is 4. The fourth-order valence-electron chi connectivity index (χ4n) is 2.55. The number of anilines is 1. The van der Waals surface area contributed by atoms with Crippen molar-refractivity contribution in [2.75, 3.05) is 5.32 Å². The molecule has 0 saturated carbocycles. The first-order valence-corrected chi connectivity index (χ1v) is 7.89. The van der Waals surface area contributed by atoms with E-state index in [9.17, 15) is 14.7 Å². The van der Waals surface area contributed by atoms with Gasteiger partial charge in [-0.3, -0.25) is 9.59 Å². The molecule has 0 atom stereocenters. The molecule has 25 heavy (non-hydrogen) atoms. The Hall–Kier alpha value is -3.34. The van der Waals surface area contributed by atoms with Gasteiger partial charge in [-0.05, 0) is 42.3 Å². The molecule has 2 aromatic carbocycles. The van der Waals surface area contributed by atoms with Crippen molar-refractivity contribution in [1.82, 2.24) is 4.57 Å². The van der Waals surface area contributed by atoms with Gasteiger partial charge in [0.25, 0.3) is 11.5 Å². The van der Waals surface area contributed by atoms with Crippen molar-refractivity contribution < 1.29 is 9.90 Å². The fourth-order valence-corrected chi connectivity index (χ4v) is 2.55. The number of nitrogens with zero attached hydrogens (tertiary/aromatic N) is 1. The second kappa shape index (κ2) is 7.05. The summed E-state index contributed by atoms with van der Waals surface area (Å²) >= 11 is 0. The van der Waals surface area contributed by atoms with Crippen molar-refractivity contribution in [3.8, 4) is 5.75 Å². The van der Waals surface area contributed by atoms with Crippen LogP contribution in [0, 0.1) is 6.92 Å². The number of aromatic nitrogens is 1. The maximum atomic E-state index is 12.6. The highest BCUT2D eigenvalue weighted by Crippen LogP contribution is 2.24. The Balaban J connectivity index is 1.87. The predicted octanol–water partition coefficient (Wildman–Crippen LogP) is 3.16. The molecule has 5 heteroatoms. The van der Waals surface area contributed by atoms with Crippen LogP contribution in [-0.4, -0.2) is 15.6 Å². The molecule has 0 aliphatic rings. The number of carbonyl (C=O) groups is 1. The Kier molecular flexibility index (Phi) is 4.66. The number of amides is 1. The van der Waals surface area contributed by atoms with Crippen LogP contribution >= 0.6 is 0 Å². The SMILES string of the molecule is Cc1ccc(O)c(NC(=O)c2cccn(Cc3ccccc3)c2=O)c1. The van der Waals surface area contributed by atoms with Gasteiger partial charge in [-0.1, -0.05) is 36.4 Å². The van der Waals surface area contributed by atoms with Crippen molar-refractivity contribution in [2.24, 2.45) is 0 Å². The fraction of sp³-hybridized carbons (Fsp3) is 0.100. The third-order valence-electron chi connectivity index (χ3n) is 3.86. The minimum atomic E-state index is -0.548. The third kappa shape index (κ3) is 3.77. The van der Waals surface area contributed by atoms with Gasteiger partial charge in [0, 0.05) is 6.20 Å². The number of carbonyl (C=O) groups excluding carboxylic acids is 1. The number of aromatic hydroxyl groups is 1. The van der Waals surface area contributed by atoms with Gasteiger partial charge in [-0.2, -0.15) is 0 Å². The lowest BCUT2D eigenvalue weighted by Gasteiger charge is -2.10. The highest BCUT2D eigenvalue weighted by molar-refractivity contribution is 6.04. The van der Waals surface area contributed by atoms with E-state index in [1.165, 1.54) is 16.7 Å². The molecule has 0 bridgehead atoms. The zero-order chi connectivity index (χ0) is 17.8. The van der Waals surface area contributed by atoms with Gasteiger partial charge < -0.3 is 15.0 Å². The number of phenolic OH excluding ortho intramolecular Hbond substituents is 1. The van der Waals surface area contributed by atoms with E-state index < -0.39 is 5.91 Å². The van der Waals surface area contributed by atoms with Crippen LogP contribution in [0.3, 0.4) is 0 Å². The van der Waals surface area contributed by atoms with Crippen LogP contribution < -0.4 is 10.9 Å². The first-order chi connectivity index (χ1) is 12.0. The Bertz CT molecular complexity index is 962. The van der Waals surface area contributed by atoms with E-state index in [0.29, 0.717) is 6.54 Å². The van der Waals surface area contributed by atoms with Crippen molar-refractivity contribution in [3.63, 3.8) is 0 Å². The van der Waals surface area contributed by atoms with E-state index in [2.05, 4.69) is 5.32 Å². The number of nitrogens with one attached hydrogen (secondary N) is 1. The molecule has 1 aromatic heterocycles. The lowest BCUT2D eigenvalue weighted by molar-refractivity contribution is 0.102. The van der Waals surface area contributed by atoms with Crippen molar-refractivity contribution >= 4 is 11.6 Å². The Morgan fingerprint density at radius 3 is 2.60 bits per heavy atom. The molecule has 3 aromatic rings. The Morgan fingerprint density at radius 1 is 1.08 bits per heavy atom. The molecule has 2 N–H and O–H groups in total. The second-order valence-electron chi connectivity index (χ2n) is 5.82. The molecule has 0 aliphatic carbocycles. The number of hydrogen-bond acceptors (Lipinski definition) is 3. The third-order valence-corrected chi connectivity index (χ3v) is 3.86. The van der Waals surface area contributed by atoms with Crippen LogP contribution in [-0.2, 0) is 6.54 Å². The average molecular weight is 334 g/mol. The topological polar surface area (TPSA) is 71.3 Å². The maximum absolute atomic E-state index is 12.6. The van der Waals surface area contributed by atoms with Crippen molar-refractivity contribution in [3.05, 3.63) is 93.9 Å². The zero-order valence-electron chi connectivity index (χ0n) is 13.8. The first-order valence-electron chi connectivity index (χ1n) is 7.89. The van der Waals surface area contributed by atoms with E-state index in [0.717, 1.165) is 11.1 Å². The van der Waals surface area contributed by atoms with E-state index in [-0.39, 0.29) is 22.6 Å². The molecule has 1 amide bonds. The number of benzene rings is 2. The average Bonchev–Trinajstić information content (AvgIpc) is 2.61. The van der Waals surface area contributed by atoms with Gasteiger partial charge in [-0.15, -0.1) is 0 Å². The lowest BCUT2D eigenvalue weighted by Crippen LogP contribution is -2.29. The van der Waals surface area contributed by atoms with Crippen LogP contribution in [0.5, 0.6) is 5.75 Å². The molecular formula is C20H18N2O3. The molecule has 0 fully saturated rings. The maximum Gasteiger partial charge on any atom is 0.263 e. The zero-order valence-corrected chi connectivity index (χ0v) is 13.8. The molecular weight excluding hydrogens is 316 g/mol. The van der Waals surface area contributed by atoms with E-state index >= 15 is 0 Å². The molecule has 3 rings (SSSR count). The van der Waals surface area contributed by atoms with Crippen LogP contribution in [0.1, 0.15) is 21.5 Å². The van der Waals surface area contributed by atoms with Crippen LogP contribution in [0.4, 0.5) is 5.69 Å². The summed E-state index contributed by atoms with van der Waals surface area (Å²) in [5, 5.41) is 12.4. The summed E-state index contributed by atoms with van der Waals surface area (Å²) in [6, 6.07) is 17.6. The van der Waals surface area contributed by atoms with E-state index in [4.69, 9.17) is 0 Å². The van der Waals surface area contributed by atoms with Crippen LogP contribution in [0.25, 0.3) is 0 Å². The number of pyridine rings is 1. The van der Waals surface area contributed by atoms with Gasteiger partial charge in [0.05, 0.1) is 12.2 Å². The van der Waals surface area contributed by atoms with Crippen molar-refractivity contribution in [1.29, 1.82) is 0 Å². The van der Waals surface area contributed by atoms with Gasteiger partial charge in [0.15, 0.2) is 0 Å². The molecule has 0 aliphatic heterocycles. The summed E-state index contributed by atoms with van der Waals surface area (Å²) in [4.78, 5) is 25.1. The summed E-state index contributed by atoms with van der Waals surface area (Å²) in [6.07, 6.45) is 1.65. The number of phenols is 1. The molecule has 1 heterocycles. The van der Waals surface area contributed by atoms with Gasteiger partial charge in [0.2, 0.25) is 0 Å². The molecule has 5 nitrogen and oxygen atoms in total. The molecule has 0 saturated heterocycles. The highest BCUT2D eigenvalue weighted by Gasteiger charge is 2.14. The minimum Gasteiger partial charge on any atom is -0.506 e. The monoisotopic (exact) mass is 334 g/mol. The summed E-state index contributed by atoms with van der Waals surface area (Å²) < 4.78 is 1.49. The number of aryl methyl sites for hydroxylation is 1. The minimum absolute atomic E-state index is 0.0272. The summed E-state index contributed by atoms with van der Waals surface area (Å²) in [6.45, 7) is 2.24. The molecule has 126 valence electrons.